The Morgan fingerprint density at radius 2 is 1.65 bits per heavy atom. The second kappa shape index (κ2) is 10.9. The quantitative estimate of drug-likeness (QED) is 0.390. The van der Waals surface area contributed by atoms with Gasteiger partial charge in [0.05, 0.1) is 0 Å². The lowest BCUT2D eigenvalue weighted by atomic mass is 10.0. The molecule has 0 saturated heterocycles. The van der Waals surface area contributed by atoms with Crippen LogP contribution in [0.5, 0.6) is 0 Å². The summed E-state index contributed by atoms with van der Waals surface area (Å²) in [5, 5.41) is 16.1. The molecule has 9 nitrogen and oxygen atoms in total. The zero-order chi connectivity index (χ0) is 26.6. The van der Waals surface area contributed by atoms with Crippen molar-refractivity contribution in [3.05, 3.63) is 89.2 Å². The van der Waals surface area contributed by atoms with E-state index in [9.17, 15) is 9.59 Å². The molecular formula is C27H28ClN7O2. The van der Waals surface area contributed by atoms with Crippen LogP contribution >= 0.6 is 11.6 Å². The van der Waals surface area contributed by atoms with Crippen LogP contribution in [0, 0.1) is 6.92 Å². The largest absolute Gasteiger partial charge is 0.349 e. The number of tetrazole rings is 1. The Balaban J connectivity index is 1.72. The minimum atomic E-state index is -0.976. The topological polar surface area (TPSA) is 106 Å². The Kier molecular flexibility index (Phi) is 7.63. The maximum Gasteiger partial charge on any atom is 0.251 e. The van der Waals surface area contributed by atoms with Crippen molar-refractivity contribution < 1.29 is 9.59 Å². The van der Waals surface area contributed by atoms with Crippen molar-refractivity contribution in [3.8, 4) is 11.4 Å². The number of aromatic nitrogens is 5. The van der Waals surface area contributed by atoms with Crippen LogP contribution in [0.1, 0.15) is 37.9 Å². The molecule has 190 valence electrons. The van der Waals surface area contributed by atoms with Crippen molar-refractivity contribution in [1.29, 1.82) is 0 Å². The number of carbonyl (C=O) groups is 2. The fraction of sp³-hybridized carbons (Fsp3) is 0.259. The molecule has 0 aliphatic heterocycles. The summed E-state index contributed by atoms with van der Waals surface area (Å²) in [5.41, 5.74) is 2.48. The lowest BCUT2D eigenvalue weighted by molar-refractivity contribution is -0.128. The van der Waals surface area contributed by atoms with Crippen molar-refractivity contribution in [2.24, 2.45) is 0 Å². The summed E-state index contributed by atoms with van der Waals surface area (Å²) in [6, 6.07) is 16.9. The molecule has 0 fully saturated rings. The fourth-order valence-electron chi connectivity index (χ4n) is 3.77. The molecular weight excluding hydrogens is 490 g/mol. The Morgan fingerprint density at radius 1 is 1.00 bits per heavy atom. The van der Waals surface area contributed by atoms with Gasteiger partial charge in [0, 0.05) is 34.2 Å². The van der Waals surface area contributed by atoms with Gasteiger partial charge < -0.3 is 5.32 Å². The highest BCUT2D eigenvalue weighted by molar-refractivity contribution is 6.30. The van der Waals surface area contributed by atoms with Crippen LogP contribution in [0.25, 0.3) is 11.4 Å². The van der Waals surface area contributed by atoms with Gasteiger partial charge in [0.25, 0.3) is 5.91 Å². The highest BCUT2D eigenvalue weighted by atomic mass is 35.5. The summed E-state index contributed by atoms with van der Waals surface area (Å²) in [5.74, 6) is -0.336. The molecule has 2 aromatic heterocycles. The zero-order valence-electron chi connectivity index (χ0n) is 21.1. The first-order chi connectivity index (χ1) is 17.6. The molecule has 0 aliphatic rings. The molecule has 37 heavy (non-hydrogen) atoms. The van der Waals surface area contributed by atoms with Gasteiger partial charge in [-0.15, -0.1) is 10.2 Å². The maximum atomic E-state index is 13.8. The molecule has 0 saturated carbocycles. The number of hydrogen-bond acceptors (Lipinski definition) is 6. The second-order valence-electron chi connectivity index (χ2n) is 9.67. The summed E-state index contributed by atoms with van der Waals surface area (Å²) in [4.78, 5) is 34.2. The molecule has 1 atom stereocenters. The van der Waals surface area contributed by atoms with Crippen molar-refractivity contribution in [2.45, 2.75) is 45.8 Å². The first kappa shape index (κ1) is 26.0. The minimum absolute atomic E-state index is 0.230. The smallest absolute Gasteiger partial charge is 0.251 e. The molecule has 10 heteroatoms. The van der Waals surface area contributed by atoms with Crippen LogP contribution in [-0.2, 0) is 16.1 Å². The Hall–Kier alpha value is -4.11. The predicted molar refractivity (Wildman–Crippen MR) is 142 cm³/mol. The van der Waals surface area contributed by atoms with Gasteiger partial charge in [-0.05, 0) is 74.9 Å². The normalized spacial score (nSPS) is 12.1. The van der Waals surface area contributed by atoms with Gasteiger partial charge >= 0.3 is 0 Å². The van der Waals surface area contributed by atoms with E-state index in [2.05, 4.69) is 25.7 Å². The average molecular weight is 518 g/mol. The van der Waals surface area contributed by atoms with Crippen molar-refractivity contribution in [3.63, 3.8) is 0 Å². The Labute approximate surface area is 220 Å². The van der Waals surface area contributed by atoms with Crippen LogP contribution in [0.4, 0.5) is 5.69 Å². The van der Waals surface area contributed by atoms with Crippen LogP contribution < -0.4 is 10.2 Å². The van der Waals surface area contributed by atoms with Crippen LogP contribution in [-0.4, -0.2) is 42.5 Å². The van der Waals surface area contributed by atoms with E-state index in [1.807, 2.05) is 52.0 Å². The monoisotopic (exact) mass is 517 g/mol. The molecule has 1 N–H and O–H groups in total. The third kappa shape index (κ3) is 6.56. The van der Waals surface area contributed by atoms with E-state index in [0.29, 0.717) is 22.1 Å². The van der Waals surface area contributed by atoms with Gasteiger partial charge in [-0.25, -0.2) is 0 Å². The van der Waals surface area contributed by atoms with Gasteiger partial charge in [0.1, 0.15) is 12.6 Å². The fourth-order valence-corrected chi connectivity index (χ4v) is 3.89. The number of aryl methyl sites for hydroxylation is 1. The third-order valence-corrected chi connectivity index (χ3v) is 5.69. The van der Waals surface area contributed by atoms with Gasteiger partial charge in [0.2, 0.25) is 11.7 Å². The standard InChI is InChI=1S/C27H28ClN7O2/c1-18-5-7-20(8-6-18)25-31-33-34(32-25)17-23(36)35(22-11-9-21(28)10-12-22)24(19-13-15-29-16-14-19)26(37)30-27(2,3)4/h5-16,24H,17H2,1-4H3,(H,30,37)/t24-/m0/s1. The summed E-state index contributed by atoms with van der Waals surface area (Å²) in [6.07, 6.45) is 3.17. The van der Waals surface area contributed by atoms with Crippen LogP contribution in [0.3, 0.4) is 0 Å². The van der Waals surface area contributed by atoms with Crippen LogP contribution in [0.2, 0.25) is 5.02 Å². The number of amides is 2. The summed E-state index contributed by atoms with van der Waals surface area (Å²) < 4.78 is 0. The molecule has 0 unspecified atom stereocenters. The number of nitrogens with zero attached hydrogens (tertiary/aromatic N) is 6. The Morgan fingerprint density at radius 3 is 2.27 bits per heavy atom. The molecule has 4 aromatic rings. The number of carbonyl (C=O) groups excluding carboxylic acids is 2. The van der Waals surface area contributed by atoms with E-state index in [1.54, 1.807) is 48.8 Å². The molecule has 0 radical (unpaired) electrons. The third-order valence-electron chi connectivity index (χ3n) is 5.44. The van der Waals surface area contributed by atoms with Crippen molar-refractivity contribution in [2.75, 3.05) is 4.90 Å². The summed E-state index contributed by atoms with van der Waals surface area (Å²) in [7, 11) is 0. The van der Waals surface area contributed by atoms with Crippen molar-refractivity contribution >= 4 is 29.1 Å². The first-order valence-corrected chi connectivity index (χ1v) is 12.1. The predicted octanol–water partition coefficient (Wildman–Crippen LogP) is 4.39. The number of anilines is 1. The number of benzene rings is 2. The van der Waals surface area contributed by atoms with E-state index in [-0.39, 0.29) is 12.5 Å². The van der Waals surface area contributed by atoms with Gasteiger partial charge in [0.15, 0.2) is 0 Å². The average Bonchev–Trinajstić information content (AvgIpc) is 3.31. The lowest BCUT2D eigenvalue weighted by Crippen LogP contribution is -2.50. The Bertz CT molecular complexity index is 1360. The van der Waals surface area contributed by atoms with E-state index >= 15 is 0 Å². The molecule has 0 spiro atoms. The molecule has 0 aliphatic carbocycles. The van der Waals surface area contributed by atoms with E-state index in [4.69, 9.17) is 11.6 Å². The zero-order valence-corrected chi connectivity index (χ0v) is 21.8. The number of halogens is 1. The lowest BCUT2D eigenvalue weighted by Gasteiger charge is -2.33. The molecule has 4 rings (SSSR count). The molecule has 0 bridgehead atoms. The number of rotatable bonds is 7. The maximum absolute atomic E-state index is 13.8. The van der Waals surface area contributed by atoms with E-state index < -0.39 is 17.5 Å². The molecule has 2 aromatic carbocycles. The number of pyridine rings is 1. The highest BCUT2D eigenvalue weighted by Gasteiger charge is 2.34. The molecule has 2 amide bonds. The van der Waals surface area contributed by atoms with Gasteiger partial charge in [-0.2, -0.15) is 4.80 Å². The highest BCUT2D eigenvalue weighted by Crippen LogP contribution is 2.30. The van der Waals surface area contributed by atoms with Crippen LogP contribution in [0.15, 0.2) is 73.1 Å². The number of hydrogen-bond donors (Lipinski definition) is 1. The number of nitrogens with one attached hydrogen (secondary N) is 1. The minimum Gasteiger partial charge on any atom is -0.349 e. The van der Waals surface area contributed by atoms with E-state index in [0.717, 1.165) is 11.1 Å². The van der Waals surface area contributed by atoms with Crippen molar-refractivity contribution in [1.82, 2.24) is 30.5 Å². The second-order valence-corrected chi connectivity index (χ2v) is 10.1. The van der Waals surface area contributed by atoms with Gasteiger partial charge in [-0.1, -0.05) is 41.4 Å². The van der Waals surface area contributed by atoms with E-state index in [1.165, 1.54) is 9.70 Å². The summed E-state index contributed by atoms with van der Waals surface area (Å²) >= 11 is 6.12. The SMILES string of the molecule is Cc1ccc(-c2nnn(CC(=O)N(c3ccc(Cl)cc3)[C@H](C(=O)NC(C)(C)C)c3ccncc3)n2)cc1. The first-order valence-electron chi connectivity index (χ1n) is 11.8. The summed E-state index contributed by atoms with van der Waals surface area (Å²) in [6.45, 7) is 7.41. The molecule has 2 heterocycles. The van der Waals surface area contributed by atoms with Gasteiger partial charge in [-0.3, -0.25) is 19.5 Å².